The second kappa shape index (κ2) is 11.4. The van der Waals surface area contributed by atoms with E-state index >= 15 is 0 Å². The van der Waals surface area contributed by atoms with E-state index in [0.717, 1.165) is 17.8 Å². The molecule has 0 bridgehead atoms. The molecule has 4 atom stereocenters. The lowest BCUT2D eigenvalue weighted by molar-refractivity contribution is 0.0622. The maximum atomic E-state index is 2.63. The molecule has 0 aromatic heterocycles. The molecule has 0 heterocycles. The van der Waals surface area contributed by atoms with Crippen LogP contribution in [0.1, 0.15) is 120 Å². The normalized spacial score (nSPS) is 34.5. The van der Waals surface area contributed by atoms with Gasteiger partial charge in [-0.05, 0) is 87.9 Å². The molecule has 162 valence electrons. The molecule has 28 heavy (non-hydrogen) atoms. The van der Waals surface area contributed by atoms with Gasteiger partial charge in [0.2, 0.25) is 0 Å². The lowest BCUT2D eigenvalue weighted by Crippen LogP contribution is -2.41. The highest BCUT2D eigenvalue weighted by Gasteiger charge is 2.52. The highest BCUT2D eigenvalue weighted by molar-refractivity contribution is 5.35. The van der Waals surface area contributed by atoms with Gasteiger partial charge >= 0.3 is 0 Å². The van der Waals surface area contributed by atoms with Gasteiger partial charge in [-0.1, -0.05) is 89.8 Å². The van der Waals surface area contributed by atoms with Crippen LogP contribution < -0.4 is 0 Å². The van der Waals surface area contributed by atoms with Crippen molar-refractivity contribution in [2.75, 3.05) is 0 Å². The van der Waals surface area contributed by atoms with Crippen LogP contribution >= 0.6 is 0 Å². The van der Waals surface area contributed by atoms with Crippen molar-refractivity contribution in [3.05, 3.63) is 34.4 Å². The van der Waals surface area contributed by atoms with Crippen molar-refractivity contribution >= 4 is 0 Å². The molecule has 0 aromatic carbocycles. The number of hydrogen-bond donors (Lipinski definition) is 0. The van der Waals surface area contributed by atoms with E-state index in [1.165, 1.54) is 64.2 Å². The fourth-order valence-corrected chi connectivity index (χ4v) is 6.58. The first-order valence-corrected chi connectivity index (χ1v) is 12.2. The maximum Gasteiger partial charge on any atom is -0.00850 e. The Morgan fingerprint density at radius 2 is 1.79 bits per heavy atom. The fraction of sp³-hybridized carbons (Fsp3) is 0.786. The second-order valence-electron chi connectivity index (χ2n) is 8.99. The third-order valence-electron chi connectivity index (χ3n) is 7.81. The molecule has 2 fully saturated rings. The first-order valence-electron chi connectivity index (χ1n) is 12.2. The third-order valence-corrected chi connectivity index (χ3v) is 7.81. The van der Waals surface area contributed by atoms with E-state index in [4.69, 9.17) is 0 Å². The Kier molecular flexibility index (Phi) is 10.3. The monoisotopic (exact) mass is 386 g/mol. The number of unbranched alkanes of at least 4 members (excludes halogenated alkanes) is 1. The molecular weight excluding hydrogens is 336 g/mol. The molecule has 4 aliphatic carbocycles. The summed E-state index contributed by atoms with van der Waals surface area (Å²) in [5, 5.41) is 0. The van der Waals surface area contributed by atoms with Crippen molar-refractivity contribution in [1.29, 1.82) is 0 Å². The van der Waals surface area contributed by atoms with Gasteiger partial charge in [0.1, 0.15) is 0 Å². The molecular formula is C28H50. The van der Waals surface area contributed by atoms with Crippen molar-refractivity contribution in [3.63, 3.8) is 0 Å². The maximum absolute atomic E-state index is 2.63. The number of hydrogen-bond acceptors (Lipinski definition) is 0. The van der Waals surface area contributed by atoms with Crippen LogP contribution in [0, 0.1) is 23.2 Å². The lowest BCUT2D eigenvalue weighted by atomic mass is 9.54. The molecule has 0 saturated heterocycles. The molecule has 0 radical (unpaired) electrons. The molecule has 4 unspecified atom stereocenters. The van der Waals surface area contributed by atoms with Crippen molar-refractivity contribution in [1.82, 2.24) is 0 Å². The molecule has 4 rings (SSSR count). The van der Waals surface area contributed by atoms with Crippen molar-refractivity contribution < 1.29 is 0 Å². The SMILES string of the molecule is C.CC.CC.CCC/C=C1/CCC2C3CCC4=C(CC=C(C)C4)C3CCC12C. The molecule has 2 saturated carbocycles. The average Bonchev–Trinajstić information content (AvgIpc) is 3.05. The minimum absolute atomic E-state index is 0. The summed E-state index contributed by atoms with van der Waals surface area (Å²) in [6, 6.07) is 0. The van der Waals surface area contributed by atoms with E-state index in [0.29, 0.717) is 5.41 Å². The van der Waals surface area contributed by atoms with Crippen LogP contribution in [-0.4, -0.2) is 0 Å². The molecule has 0 spiro atoms. The lowest BCUT2D eigenvalue weighted by Gasteiger charge is -2.51. The Bertz CT molecular complexity index is 573. The fourth-order valence-electron chi connectivity index (χ4n) is 6.58. The minimum atomic E-state index is 0. The zero-order chi connectivity index (χ0) is 20.0. The van der Waals surface area contributed by atoms with Crippen molar-refractivity contribution in [2.45, 2.75) is 120 Å². The Morgan fingerprint density at radius 1 is 1.07 bits per heavy atom. The van der Waals surface area contributed by atoms with Gasteiger partial charge in [-0.3, -0.25) is 0 Å². The van der Waals surface area contributed by atoms with Crippen LogP contribution in [0.15, 0.2) is 34.4 Å². The van der Waals surface area contributed by atoms with E-state index in [1.807, 2.05) is 44.4 Å². The summed E-state index contributed by atoms with van der Waals surface area (Å²) in [5.74, 6) is 2.91. The number of fused-ring (bicyclic) bond motifs is 4. The topological polar surface area (TPSA) is 0 Å². The summed E-state index contributed by atoms with van der Waals surface area (Å²) < 4.78 is 0. The third kappa shape index (κ3) is 4.68. The summed E-state index contributed by atoms with van der Waals surface area (Å²) in [4.78, 5) is 0. The average molecular weight is 387 g/mol. The van der Waals surface area contributed by atoms with Crippen molar-refractivity contribution in [3.8, 4) is 0 Å². The summed E-state index contributed by atoms with van der Waals surface area (Å²) in [5.41, 5.74) is 7.74. The molecule has 0 heteroatoms. The van der Waals surface area contributed by atoms with Crippen LogP contribution in [0.25, 0.3) is 0 Å². The quantitative estimate of drug-likeness (QED) is 0.414. The van der Waals surface area contributed by atoms with Crippen LogP contribution in [0.5, 0.6) is 0 Å². The van der Waals surface area contributed by atoms with Gasteiger partial charge in [0.05, 0.1) is 0 Å². The number of rotatable bonds is 2. The summed E-state index contributed by atoms with van der Waals surface area (Å²) in [7, 11) is 0. The predicted octanol–water partition coefficient (Wildman–Crippen LogP) is 9.67. The molecule has 0 N–H and O–H groups in total. The van der Waals surface area contributed by atoms with E-state index < -0.39 is 0 Å². The summed E-state index contributed by atoms with van der Waals surface area (Å²) in [6.07, 6.45) is 19.0. The van der Waals surface area contributed by atoms with Crippen LogP contribution in [0.3, 0.4) is 0 Å². The first-order chi connectivity index (χ1) is 13.1. The highest BCUT2D eigenvalue weighted by Crippen LogP contribution is 2.62. The van der Waals surface area contributed by atoms with Crippen molar-refractivity contribution in [2.24, 2.45) is 23.2 Å². The first kappa shape index (κ1) is 25.3. The van der Waals surface area contributed by atoms with Gasteiger partial charge in [-0.2, -0.15) is 0 Å². The smallest absolute Gasteiger partial charge is 0.00850 e. The highest BCUT2D eigenvalue weighted by atomic mass is 14.6. The second-order valence-corrected chi connectivity index (χ2v) is 8.99. The standard InChI is InChI=1S/C23H34.2C2H6.CH4/c1-4-5-6-18-9-12-22-21-11-8-17-15-16(2)7-10-19(17)20(21)13-14-23(18,22)3;2*1-2;/h6-7,20-22H,4-5,8-15H2,1-3H3;2*1-2H3;1H4/b18-6-;;;. The van der Waals surface area contributed by atoms with Crippen LogP contribution in [0.2, 0.25) is 0 Å². The van der Waals surface area contributed by atoms with E-state index in [9.17, 15) is 0 Å². The largest absolute Gasteiger partial charge is 0.0848 e. The van der Waals surface area contributed by atoms with Gasteiger partial charge in [0.15, 0.2) is 0 Å². The summed E-state index contributed by atoms with van der Waals surface area (Å²) >= 11 is 0. The minimum Gasteiger partial charge on any atom is -0.0848 e. The van der Waals surface area contributed by atoms with Gasteiger partial charge in [-0.15, -0.1) is 0 Å². The Morgan fingerprint density at radius 3 is 2.46 bits per heavy atom. The zero-order valence-corrected chi connectivity index (χ0v) is 19.5. The summed E-state index contributed by atoms with van der Waals surface area (Å²) in [6.45, 7) is 15.3. The predicted molar refractivity (Wildman–Crippen MR) is 129 cm³/mol. The van der Waals surface area contributed by atoms with E-state index in [1.54, 1.807) is 5.57 Å². The van der Waals surface area contributed by atoms with E-state index in [-0.39, 0.29) is 7.43 Å². The molecule has 0 amide bonds. The molecule has 4 aliphatic rings. The van der Waals surface area contributed by atoms with Crippen LogP contribution in [-0.2, 0) is 0 Å². The van der Waals surface area contributed by atoms with Gasteiger partial charge < -0.3 is 0 Å². The van der Waals surface area contributed by atoms with Crippen LogP contribution in [0.4, 0.5) is 0 Å². The van der Waals surface area contributed by atoms with E-state index in [2.05, 4.69) is 32.9 Å². The Balaban J connectivity index is 0.000000739. The Labute approximate surface area is 178 Å². The molecule has 0 nitrogen and oxygen atoms in total. The van der Waals surface area contributed by atoms with Gasteiger partial charge in [0, 0.05) is 0 Å². The molecule has 0 aromatic rings. The number of allylic oxidation sites excluding steroid dienone is 6. The van der Waals surface area contributed by atoms with Gasteiger partial charge in [0.25, 0.3) is 0 Å². The Hall–Kier alpha value is -0.780. The van der Waals surface area contributed by atoms with Gasteiger partial charge in [-0.25, -0.2) is 0 Å². The zero-order valence-electron chi connectivity index (χ0n) is 19.5. The molecule has 0 aliphatic heterocycles.